The average molecular weight is 260 g/mol. The minimum atomic E-state index is -1.08. The Kier molecular flexibility index (Phi) is 3.37. The maximum absolute atomic E-state index is 13.4. The van der Waals surface area contributed by atoms with Crippen molar-refractivity contribution in [1.29, 1.82) is 0 Å². The van der Waals surface area contributed by atoms with E-state index in [1.165, 1.54) is 18.2 Å². The summed E-state index contributed by atoms with van der Waals surface area (Å²) in [4.78, 5) is 10.8. The zero-order chi connectivity index (χ0) is 14.0. The number of hydrogen-bond acceptors (Lipinski definition) is 3. The summed E-state index contributed by atoms with van der Waals surface area (Å²) >= 11 is 0. The topological polar surface area (TPSA) is 75.3 Å². The summed E-state index contributed by atoms with van der Waals surface area (Å²) in [6.07, 6.45) is 0. The normalized spacial score (nSPS) is 10.2. The van der Waals surface area contributed by atoms with E-state index in [0.717, 1.165) is 0 Å². The van der Waals surface area contributed by atoms with Gasteiger partial charge in [-0.1, -0.05) is 6.07 Å². The van der Waals surface area contributed by atoms with E-state index in [0.29, 0.717) is 16.9 Å². The SMILES string of the molecule is Cc1ccc(Nc2ccc(C(=O)O)c(N)c2)cc1F. The van der Waals surface area contributed by atoms with Crippen LogP contribution >= 0.6 is 0 Å². The number of benzene rings is 2. The predicted molar refractivity (Wildman–Crippen MR) is 72.2 cm³/mol. The maximum Gasteiger partial charge on any atom is 0.337 e. The number of nitrogens with two attached hydrogens (primary N) is 1. The van der Waals surface area contributed by atoms with Crippen molar-refractivity contribution in [3.8, 4) is 0 Å². The second-order valence-corrected chi connectivity index (χ2v) is 4.20. The van der Waals surface area contributed by atoms with Crippen molar-refractivity contribution in [1.82, 2.24) is 0 Å². The molecule has 2 aromatic rings. The van der Waals surface area contributed by atoms with Gasteiger partial charge < -0.3 is 16.2 Å². The Balaban J connectivity index is 2.26. The molecule has 0 aromatic heterocycles. The molecule has 0 spiro atoms. The Labute approximate surface area is 109 Å². The summed E-state index contributed by atoms with van der Waals surface area (Å²) in [6, 6.07) is 9.26. The number of carbonyl (C=O) groups is 1. The lowest BCUT2D eigenvalue weighted by atomic mass is 10.1. The van der Waals surface area contributed by atoms with Crippen molar-refractivity contribution in [3.05, 3.63) is 53.3 Å². The van der Waals surface area contributed by atoms with E-state index >= 15 is 0 Å². The predicted octanol–water partition coefficient (Wildman–Crippen LogP) is 3.16. The molecule has 0 radical (unpaired) electrons. The van der Waals surface area contributed by atoms with Crippen LogP contribution in [0.15, 0.2) is 36.4 Å². The van der Waals surface area contributed by atoms with E-state index in [4.69, 9.17) is 10.8 Å². The summed E-state index contributed by atoms with van der Waals surface area (Å²) in [7, 11) is 0. The van der Waals surface area contributed by atoms with Crippen molar-refractivity contribution in [3.63, 3.8) is 0 Å². The largest absolute Gasteiger partial charge is 0.478 e. The van der Waals surface area contributed by atoms with Crippen LogP contribution in [0.2, 0.25) is 0 Å². The van der Waals surface area contributed by atoms with Crippen molar-refractivity contribution >= 4 is 23.0 Å². The van der Waals surface area contributed by atoms with E-state index in [2.05, 4.69) is 5.32 Å². The molecule has 98 valence electrons. The highest BCUT2D eigenvalue weighted by molar-refractivity contribution is 5.94. The number of carboxylic acid groups (broad SMARTS) is 1. The number of nitrogens with one attached hydrogen (secondary N) is 1. The highest BCUT2D eigenvalue weighted by atomic mass is 19.1. The molecule has 0 fully saturated rings. The highest BCUT2D eigenvalue weighted by Gasteiger charge is 2.08. The van der Waals surface area contributed by atoms with E-state index in [-0.39, 0.29) is 17.1 Å². The molecule has 19 heavy (non-hydrogen) atoms. The average Bonchev–Trinajstić information content (AvgIpc) is 2.33. The van der Waals surface area contributed by atoms with Gasteiger partial charge in [0.2, 0.25) is 0 Å². The molecule has 0 amide bonds. The summed E-state index contributed by atoms with van der Waals surface area (Å²) in [5.41, 5.74) is 7.57. The smallest absolute Gasteiger partial charge is 0.337 e. The van der Waals surface area contributed by atoms with Crippen LogP contribution in [0.5, 0.6) is 0 Å². The fraction of sp³-hybridized carbons (Fsp3) is 0.0714. The number of hydrogen-bond donors (Lipinski definition) is 3. The van der Waals surface area contributed by atoms with Gasteiger partial charge in [-0.2, -0.15) is 0 Å². The van der Waals surface area contributed by atoms with Crippen molar-refractivity contribution in [2.45, 2.75) is 6.92 Å². The Hall–Kier alpha value is -2.56. The molecule has 0 unspecified atom stereocenters. The molecule has 2 rings (SSSR count). The van der Waals surface area contributed by atoms with Crippen LogP contribution in [0.1, 0.15) is 15.9 Å². The molecule has 0 aliphatic carbocycles. The van der Waals surface area contributed by atoms with Gasteiger partial charge in [0.25, 0.3) is 0 Å². The fourth-order valence-corrected chi connectivity index (χ4v) is 1.67. The third-order valence-electron chi connectivity index (χ3n) is 2.74. The lowest BCUT2D eigenvalue weighted by Gasteiger charge is -2.09. The number of carboxylic acids is 1. The minimum absolute atomic E-state index is 0.0423. The van der Waals surface area contributed by atoms with Crippen LogP contribution in [0, 0.1) is 12.7 Å². The molecule has 0 aliphatic rings. The number of halogens is 1. The van der Waals surface area contributed by atoms with Crippen LogP contribution in [-0.2, 0) is 0 Å². The summed E-state index contributed by atoms with van der Waals surface area (Å²) in [6.45, 7) is 1.68. The Morgan fingerprint density at radius 3 is 2.42 bits per heavy atom. The third-order valence-corrected chi connectivity index (χ3v) is 2.74. The summed E-state index contributed by atoms with van der Waals surface area (Å²) in [5.74, 6) is -1.38. The van der Waals surface area contributed by atoms with Crippen molar-refractivity contribution in [2.24, 2.45) is 0 Å². The third kappa shape index (κ3) is 2.82. The molecule has 0 bridgehead atoms. The second kappa shape index (κ2) is 4.97. The number of aromatic carboxylic acids is 1. The molecule has 2 aromatic carbocycles. The highest BCUT2D eigenvalue weighted by Crippen LogP contribution is 2.23. The molecule has 0 aliphatic heterocycles. The molecule has 4 nitrogen and oxygen atoms in total. The van der Waals surface area contributed by atoms with Crippen molar-refractivity contribution < 1.29 is 14.3 Å². The zero-order valence-corrected chi connectivity index (χ0v) is 10.3. The van der Waals surface area contributed by atoms with E-state index in [1.54, 1.807) is 25.1 Å². The standard InChI is InChI=1S/C14H13FN2O2/c1-8-2-3-9(6-12(8)15)17-10-4-5-11(14(18)19)13(16)7-10/h2-7,17H,16H2,1H3,(H,18,19). The van der Waals surface area contributed by atoms with E-state index in [9.17, 15) is 9.18 Å². The van der Waals surface area contributed by atoms with Gasteiger partial charge >= 0.3 is 5.97 Å². The quantitative estimate of drug-likeness (QED) is 0.741. The number of nitrogen functional groups attached to an aromatic ring is 1. The Bertz CT molecular complexity index is 641. The maximum atomic E-state index is 13.4. The molecular weight excluding hydrogens is 247 g/mol. The summed E-state index contributed by atoms with van der Waals surface area (Å²) in [5, 5.41) is 11.8. The Morgan fingerprint density at radius 2 is 1.84 bits per heavy atom. The Morgan fingerprint density at radius 1 is 1.21 bits per heavy atom. The van der Waals surface area contributed by atoms with Gasteiger partial charge in [0.15, 0.2) is 0 Å². The first kappa shape index (κ1) is 12.9. The number of aryl methyl sites for hydroxylation is 1. The second-order valence-electron chi connectivity index (χ2n) is 4.20. The fourth-order valence-electron chi connectivity index (χ4n) is 1.67. The molecule has 0 atom stereocenters. The molecule has 0 saturated heterocycles. The van der Waals surface area contributed by atoms with Crippen LogP contribution in [0.3, 0.4) is 0 Å². The van der Waals surface area contributed by atoms with Crippen LogP contribution < -0.4 is 11.1 Å². The van der Waals surface area contributed by atoms with Gasteiger partial charge in [0.05, 0.1) is 5.56 Å². The van der Waals surface area contributed by atoms with Crippen LogP contribution in [-0.4, -0.2) is 11.1 Å². The van der Waals surface area contributed by atoms with E-state index < -0.39 is 5.97 Å². The molecule has 4 N–H and O–H groups in total. The first-order valence-corrected chi connectivity index (χ1v) is 5.63. The van der Waals surface area contributed by atoms with Gasteiger partial charge in [-0.25, -0.2) is 9.18 Å². The molecule has 0 heterocycles. The lowest BCUT2D eigenvalue weighted by molar-refractivity contribution is 0.0698. The van der Waals surface area contributed by atoms with Gasteiger partial charge in [-0.05, 0) is 42.8 Å². The van der Waals surface area contributed by atoms with E-state index in [1.807, 2.05) is 0 Å². The van der Waals surface area contributed by atoms with Crippen LogP contribution in [0.25, 0.3) is 0 Å². The molecule has 0 saturated carbocycles. The minimum Gasteiger partial charge on any atom is -0.478 e. The first-order valence-electron chi connectivity index (χ1n) is 5.63. The van der Waals surface area contributed by atoms with Gasteiger partial charge in [-0.15, -0.1) is 0 Å². The van der Waals surface area contributed by atoms with Crippen molar-refractivity contribution in [2.75, 3.05) is 11.1 Å². The number of anilines is 3. The lowest BCUT2D eigenvalue weighted by Crippen LogP contribution is -2.03. The zero-order valence-electron chi connectivity index (χ0n) is 10.3. The monoisotopic (exact) mass is 260 g/mol. The van der Waals surface area contributed by atoms with Gasteiger partial charge in [0.1, 0.15) is 5.82 Å². The molecular formula is C14H13FN2O2. The van der Waals surface area contributed by atoms with Crippen LogP contribution in [0.4, 0.5) is 21.5 Å². The number of rotatable bonds is 3. The van der Waals surface area contributed by atoms with Gasteiger partial charge in [0, 0.05) is 17.1 Å². The molecule has 5 heteroatoms. The summed E-state index contributed by atoms with van der Waals surface area (Å²) < 4.78 is 13.4. The first-order chi connectivity index (χ1) is 8.97. The van der Waals surface area contributed by atoms with Gasteiger partial charge in [-0.3, -0.25) is 0 Å².